The van der Waals surface area contributed by atoms with E-state index in [1.54, 1.807) is 24.3 Å². The van der Waals surface area contributed by atoms with E-state index in [1.165, 1.54) is 6.21 Å². The molecule has 5 heteroatoms. The Morgan fingerprint density at radius 2 is 1.79 bits per heavy atom. The summed E-state index contributed by atoms with van der Waals surface area (Å²) < 4.78 is 0. The summed E-state index contributed by atoms with van der Waals surface area (Å²) in [7, 11) is 0. The Kier molecular flexibility index (Phi) is 3.85. The van der Waals surface area contributed by atoms with Crippen molar-refractivity contribution in [2.24, 2.45) is 10.9 Å². The van der Waals surface area contributed by atoms with Crippen molar-refractivity contribution in [1.29, 1.82) is 0 Å². The lowest BCUT2D eigenvalue weighted by molar-refractivity contribution is -0.305. The summed E-state index contributed by atoms with van der Waals surface area (Å²) >= 11 is 0. The Labute approximate surface area is 110 Å². The molecule has 0 aliphatic heterocycles. The minimum atomic E-state index is -1.13. The number of nitrogens with zero attached hydrogens (tertiary/aromatic N) is 1. The summed E-state index contributed by atoms with van der Waals surface area (Å²) in [4.78, 5) is 38.1. The van der Waals surface area contributed by atoms with E-state index in [2.05, 4.69) is 4.99 Å². The monoisotopic (exact) mass is 258 g/mol. The number of aliphatic imine (C=N–C) groups is 1. The van der Waals surface area contributed by atoms with Gasteiger partial charge in [-0.15, -0.1) is 0 Å². The molecule has 0 amide bonds. The molecular weight excluding hydrogens is 246 g/mol. The van der Waals surface area contributed by atoms with Crippen molar-refractivity contribution in [2.45, 2.75) is 12.8 Å². The maximum Gasteiger partial charge on any atom is 0.179 e. The highest BCUT2D eigenvalue weighted by atomic mass is 16.4. The van der Waals surface area contributed by atoms with Gasteiger partial charge in [0.15, 0.2) is 11.6 Å². The predicted octanol–water partition coefficient (Wildman–Crippen LogP) is 0.283. The van der Waals surface area contributed by atoms with Crippen molar-refractivity contribution >= 4 is 23.8 Å². The Hall–Kier alpha value is -2.30. The molecule has 1 aromatic carbocycles. The third kappa shape index (κ3) is 2.76. The number of carbonyl (C=O) groups is 3. The number of carboxylic acid groups (broad SMARTS) is 1. The lowest BCUT2D eigenvalue weighted by Gasteiger charge is -2.00. The van der Waals surface area contributed by atoms with Crippen LogP contribution in [0.2, 0.25) is 0 Å². The van der Waals surface area contributed by atoms with Crippen LogP contribution >= 0.6 is 0 Å². The number of carbonyl (C=O) groups excluding carboxylic acids is 3. The topological polar surface area (TPSA) is 86.6 Å². The largest absolute Gasteiger partial charge is 0.550 e. The van der Waals surface area contributed by atoms with E-state index < -0.39 is 11.9 Å². The Morgan fingerprint density at radius 3 is 2.32 bits per heavy atom. The van der Waals surface area contributed by atoms with Gasteiger partial charge in [0, 0.05) is 29.9 Å². The lowest BCUT2D eigenvalue weighted by atomic mass is 10.1. The molecule has 1 aromatic rings. The van der Waals surface area contributed by atoms with Crippen LogP contribution in [0.15, 0.2) is 29.3 Å². The third-order valence-electron chi connectivity index (χ3n) is 2.95. The van der Waals surface area contributed by atoms with Gasteiger partial charge in [0.2, 0.25) is 0 Å². The Bertz CT molecular complexity index is 527. The average Bonchev–Trinajstić information content (AvgIpc) is 2.63. The van der Waals surface area contributed by atoms with E-state index in [1.807, 2.05) is 0 Å². The standard InChI is InChI=1S/C14H13NO4/c16-12(17)6-3-7-15-8-11-13(18)9-4-1-2-5-10(9)14(11)19/h1-2,4-5,8,11H,3,6-7H2,(H,16,17)/p-1. The molecule has 0 atom stereocenters. The highest BCUT2D eigenvalue weighted by Gasteiger charge is 2.36. The fourth-order valence-electron chi connectivity index (χ4n) is 2.00. The van der Waals surface area contributed by atoms with Gasteiger partial charge in [-0.3, -0.25) is 14.6 Å². The number of aliphatic carboxylic acids is 1. The second-order valence-electron chi connectivity index (χ2n) is 4.28. The van der Waals surface area contributed by atoms with Gasteiger partial charge in [0.25, 0.3) is 0 Å². The zero-order valence-corrected chi connectivity index (χ0v) is 10.2. The summed E-state index contributed by atoms with van der Waals surface area (Å²) in [6.07, 6.45) is 1.57. The molecule has 0 spiro atoms. The van der Waals surface area contributed by atoms with Crippen LogP contribution in [-0.2, 0) is 4.79 Å². The first-order valence-corrected chi connectivity index (χ1v) is 5.98. The van der Waals surface area contributed by atoms with Gasteiger partial charge in [-0.2, -0.15) is 0 Å². The van der Waals surface area contributed by atoms with E-state index in [0.29, 0.717) is 17.5 Å². The minimum absolute atomic E-state index is 0.0792. The zero-order valence-electron chi connectivity index (χ0n) is 10.2. The van der Waals surface area contributed by atoms with Gasteiger partial charge < -0.3 is 9.90 Å². The number of fused-ring (bicyclic) bond motifs is 1. The molecule has 0 saturated heterocycles. The van der Waals surface area contributed by atoms with E-state index in [-0.39, 0.29) is 24.5 Å². The van der Waals surface area contributed by atoms with Crippen LogP contribution in [0.3, 0.4) is 0 Å². The zero-order chi connectivity index (χ0) is 13.8. The van der Waals surface area contributed by atoms with Gasteiger partial charge in [-0.05, 0) is 12.8 Å². The average molecular weight is 258 g/mol. The van der Waals surface area contributed by atoms with E-state index in [0.717, 1.165) is 0 Å². The first-order valence-electron chi connectivity index (χ1n) is 5.98. The van der Waals surface area contributed by atoms with Crippen molar-refractivity contribution in [3.63, 3.8) is 0 Å². The molecule has 0 radical (unpaired) electrons. The Morgan fingerprint density at radius 1 is 1.21 bits per heavy atom. The third-order valence-corrected chi connectivity index (χ3v) is 2.95. The normalized spacial score (nSPS) is 15.2. The van der Waals surface area contributed by atoms with Crippen molar-refractivity contribution in [3.8, 4) is 0 Å². The number of rotatable bonds is 5. The van der Waals surface area contributed by atoms with Gasteiger partial charge in [0.05, 0.1) is 0 Å². The molecule has 1 aliphatic carbocycles. The van der Waals surface area contributed by atoms with Gasteiger partial charge in [-0.1, -0.05) is 24.3 Å². The molecule has 0 fully saturated rings. The van der Waals surface area contributed by atoms with Crippen LogP contribution in [0, 0.1) is 5.92 Å². The highest BCUT2D eigenvalue weighted by Crippen LogP contribution is 2.25. The van der Waals surface area contributed by atoms with Crippen molar-refractivity contribution in [3.05, 3.63) is 35.4 Å². The van der Waals surface area contributed by atoms with E-state index >= 15 is 0 Å². The highest BCUT2D eigenvalue weighted by molar-refractivity contribution is 6.33. The van der Waals surface area contributed by atoms with E-state index in [4.69, 9.17) is 0 Å². The molecule has 19 heavy (non-hydrogen) atoms. The lowest BCUT2D eigenvalue weighted by Crippen LogP contribution is -2.22. The maximum atomic E-state index is 12.0. The number of Topliss-reactive ketones (excluding diaryl/α,β-unsaturated/α-hetero) is 2. The number of hydrogen-bond acceptors (Lipinski definition) is 5. The molecule has 0 N–H and O–H groups in total. The van der Waals surface area contributed by atoms with Crippen LogP contribution in [0.5, 0.6) is 0 Å². The fraction of sp³-hybridized carbons (Fsp3) is 0.286. The summed E-state index contributed by atoms with van der Waals surface area (Å²) in [6.45, 7) is 0.265. The number of carboxylic acids is 1. The second-order valence-corrected chi connectivity index (χ2v) is 4.28. The number of benzene rings is 1. The number of hydrogen-bond donors (Lipinski definition) is 0. The number of ketones is 2. The molecule has 2 rings (SSSR count). The van der Waals surface area contributed by atoms with Crippen molar-refractivity contribution < 1.29 is 19.5 Å². The first kappa shape index (κ1) is 13.1. The summed E-state index contributed by atoms with van der Waals surface area (Å²) in [6, 6.07) is 6.67. The van der Waals surface area contributed by atoms with Crippen LogP contribution in [-0.4, -0.2) is 30.3 Å². The first-order chi connectivity index (χ1) is 9.11. The molecule has 5 nitrogen and oxygen atoms in total. The molecule has 0 bridgehead atoms. The molecule has 0 aromatic heterocycles. The second kappa shape index (κ2) is 5.56. The van der Waals surface area contributed by atoms with Gasteiger partial charge >= 0.3 is 0 Å². The molecule has 0 heterocycles. The predicted molar refractivity (Wildman–Crippen MR) is 66.2 cm³/mol. The Balaban J connectivity index is 2.00. The van der Waals surface area contributed by atoms with Gasteiger partial charge in [0.1, 0.15) is 5.92 Å². The summed E-state index contributed by atoms with van der Waals surface area (Å²) in [5, 5.41) is 10.2. The quantitative estimate of drug-likeness (QED) is 0.431. The maximum absolute atomic E-state index is 12.0. The van der Waals surface area contributed by atoms with Crippen molar-refractivity contribution in [1.82, 2.24) is 0 Å². The molecule has 0 unspecified atom stereocenters. The fourth-order valence-corrected chi connectivity index (χ4v) is 2.00. The summed E-state index contributed by atoms with van der Waals surface area (Å²) in [5.41, 5.74) is 0.859. The van der Waals surface area contributed by atoms with Crippen LogP contribution < -0.4 is 5.11 Å². The summed E-state index contributed by atoms with van der Waals surface area (Å²) in [5.74, 6) is -2.48. The minimum Gasteiger partial charge on any atom is -0.550 e. The van der Waals surface area contributed by atoms with Gasteiger partial charge in [-0.25, -0.2) is 0 Å². The molecule has 0 saturated carbocycles. The smallest absolute Gasteiger partial charge is 0.179 e. The SMILES string of the molecule is O=C([O-])CCCN=CC1C(=O)c2ccccc2C1=O. The van der Waals surface area contributed by atoms with Crippen LogP contribution in [0.25, 0.3) is 0 Å². The van der Waals surface area contributed by atoms with E-state index in [9.17, 15) is 19.5 Å². The molecule has 1 aliphatic rings. The molecular formula is C14H12NO4-. The molecule has 98 valence electrons. The van der Waals surface area contributed by atoms with Crippen molar-refractivity contribution in [2.75, 3.05) is 6.54 Å². The van der Waals surface area contributed by atoms with Crippen LogP contribution in [0.4, 0.5) is 0 Å². The van der Waals surface area contributed by atoms with Crippen LogP contribution in [0.1, 0.15) is 33.6 Å².